The van der Waals surface area contributed by atoms with E-state index in [4.69, 9.17) is 0 Å². The van der Waals surface area contributed by atoms with Crippen LogP contribution < -0.4 is 0 Å². The number of likely N-dealkylation sites (tertiary alicyclic amines) is 2. The van der Waals surface area contributed by atoms with E-state index in [1.165, 1.54) is 38.9 Å². The third-order valence-electron chi connectivity index (χ3n) is 3.63. The van der Waals surface area contributed by atoms with Gasteiger partial charge in [-0.25, -0.2) is 0 Å². The summed E-state index contributed by atoms with van der Waals surface area (Å²) < 4.78 is 0. The lowest BCUT2D eigenvalue weighted by molar-refractivity contribution is 0.0282. The highest BCUT2D eigenvalue weighted by Gasteiger charge is 2.26. The molecule has 0 amide bonds. The third kappa shape index (κ3) is 2.47. The largest absolute Gasteiger partial charge is 0.392 e. The average Bonchev–Trinajstić information content (AvgIpc) is 2.19. The van der Waals surface area contributed by atoms with Gasteiger partial charge in [0.15, 0.2) is 0 Å². The predicted octanol–water partition coefficient (Wildman–Crippen LogP) is 0.537. The van der Waals surface area contributed by atoms with Crippen molar-refractivity contribution in [2.45, 2.75) is 37.8 Å². The number of hydrogen-bond acceptors (Lipinski definition) is 3. The Bertz CT molecular complexity index is 178. The van der Waals surface area contributed by atoms with E-state index >= 15 is 0 Å². The summed E-state index contributed by atoms with van der Waals surface area (Å²) in [6, 6.07) is 0.737. The topological polar surface area (TPSA) is 26.7 Å². The van der Waals surface area contributed by atoms with Crippen LogP contribution in [0, 0.1) is 0 Å². The number of rotatable bonds is 1. The van der Waals surface area contributed by atoms with Crippen molar-refractivity contribution in [2.75, 3.05) is 33.2 Å². The monoisotopic (exact) mass is 198 g/mol. The van der Waals surface area contributed by atoms with E-state index < -0.39 is 0 Å². The zero-order valence-corrected chi connectivity index (χ0v) is 9.15. The molecule has 0 saturated carbocycles. The second-order valence-corrected chi connectivity index (χ2v) is 4.83. The summed E-state index contributed by atoms with van der Waals surface area (Å²) in [4.78, 5) is 4.90. The summed E-state index contributed by atoms with van der Waals surface area (Å²) >= 11 is 0. The molecule has 0 aromatic rings. The van der Waals surface area contributed by atoms with E-state index in [1.807, 2.05) is 0 Å². The van der Waals surface area contributed by atoms with Gasteiger partial charge in [0, 0.05) is 12.6 Å². The van der Waals surface area contributed by atoms with Crippen molar-refractivity contribution in [1.82, 2.24) is 9.80 Å². The average molecular weight is 198 g/mol. The molecule has 0 aliphatic carbocycles. The summed E-state index contributed by atoms with van der Waals surface area (Å²) in [6.45, 7) is 4.55. The van der Waals surface area contributed by atoms with Gasteiger partial charge in [0.2, 0.25) is 0 Å². The van der Waals surface area contributed by atoms with Gasteiger partial charge in [0.25, 0.3) is 0 Å². The molecule has 3 heteroatoms. The van der Waals surface area contributed by atoms with Crippen LogP contribution in [0.4, 0.5) is 0 Å². The maximum Gasteiger partial charge on any atom is 0.0667 e. The van der Waals surface area contributed by atoms with Gasteiger partial charge < -0.3 is 10.0 Å². The van der Waals surface area contributed by atoms with Gasteiger partial charge in [-0.3, -0.25) is 4.90 Å². The van der Waals surface area contributed by atoms with Crippen molar-refractivity contribution < 1.29 is 5.11 Å². The first kappa shape index (κ1) is 10.4. The van der Waals surface area contributed by atoms with Crippen LogP contribution in [-0.2, 0) is 0 Å². The highest BCUT2D eigenvalue weighted by atomic mass is 16.3. The molecule has 82 valence electrons. The van der Waals surface area contributed by atoms with Gasteiger partial charge in [-0.05, 0) is 52.4 Å². The lowest BCUT2D eigenvalue weighted by Gasteiger charge is -2.40. The highest BCUT2D eigenvalue weighted by molar-refractivity contribution is 4.82. The maximum atomic E-state index is 9.61. The standard InChI is InChI=1S/C11H22N2O/c1-12-7-4-10(5-8-12)13-6-2-3-11(14)9-13/h10-11,14H,2-9H2,1H3/t11-/m1/s1. The molecule has 3 nitrogen and oxygen atoms in total. The third-order valence-corrected chi connectivity index (χ3v) is 3.63. The van der Waals surface area contributed by atoms with E-state index in [2.05, 4.69) is 16.8 Å². The fraction of sp³-hybridized carbons (Fsp3) is 1.00. The molecule has 2 rings (SSSR count). The first-order chi connectivity index (χ1) is 6.75. The zero-order valence-electron chi connectivity index (χ0n) is 9.15. The van der Waals surface area contributed by atoms with Gasteiger partial charge in [-0.2, -0.15) is 0 Å². The molecule has 1 N–H and O–H groups in total. The first-order valence-electron chi connectivity index (χ1n) is 5.86. The minimum atomic E-state index is -0.0663. The molecule has 0 unspecified atom stereocenters. The molecule has 0 spiro atoms. The van der Waals surface area contributed by atoms with Crippen molar-refractivity contribution >= 4 is 0 Å². The molecular formula is C11H22N2O. The number of aliphatic hydroxyl groups excluding tert-OH is 1. The van der Waals surface area contributed by atoms with Crippen LogP contribution in [0.5, 0.6) is 0 Å². The Morgan fingerprint density at radius 2 is 1.79 bits per heavy atom. The number of piperidine rings is 2. The van der Waals surface area contributed by atoms with Gasteiger partial charge in [-0.15, -0.1) is 0 Å². The molecule has 1 atom stereocenters. The Kier molecular flexibility index (Phi) is 3.42. The molecule has 14 heavy (non-hydrogen) atoms. The van der Waals surface area contributed by atoms with E-state index in [9.17, 15) is 5.11 Å². The van der Waals surface area contributed by atoms with Crippen molar-refractivity contribution in [3.63, 3.8) is 0 Å². The lowest BCUT2D eigenvalue weighted by atomic mass is 9.99. The predicted molar refractivity (Wildman–Crippen MR) is 57.3 cm³/mol. The molecule has 2 saturated heterocycles. The molecule has 2 heterocycles. The minimum Gasteiger partial charge on any atom is -0.392 e. The Morgan fingerprint density at radius 3 is 2.43 bits per heavy atom. The van der Waals surface area contributed by atoms with Crippen molar-refractivity contribution in [1.29, 1.82) is 0 Å². The fourth-order valence-electron chi connectivity index (χ4n) is 2.68. The summed E-state index contributed by atoms with van der Waals surface area (Å²) in [5.41, 5.74) is 0. The Labute approximate surface area is 86.7 Å². The second-order valence-electron chi connectivity index (χ2n) is 4.83. The number of aliphatic hydroxyl groups is 1. The van der Waals surface area contributed by atoms with Gasteiger partial charge in [0.1, 0.15) is 0 Å². The van der Waals surface area contributed by atoms with Crippen LogP contribution in [0.3, 0.4) is 0 Å². The maximum absolute atomic E-state index is 9.61. The van der Waals surface area contributed by atoms with E-state index in [0.717, 1.165) is 19.0 Å². The molecule has 2 aliphatic heterocycles. The molecule has 2 aliphatic rings. The van der Waals surface area contributed by atoms with E-state index in [1.54, 1.807) is 0 Å². The Hall–Kier alpha value is -0.120. The zero-order chi connectivity index (χ0) is 9.97. The molecule has 0 aromatic heterocycles. The summed E-state index contributed by atoms with van der Waals surface area (Å²) in [5.74, 6) is 0. The highest BCUT2D eigenvalue weighted by Crippen LogP contribution is 2.20. The second kappa shape index (κ2) is 4.60. The van der Waals surface area contributed by atoms with Crippen LogP contribution in [0.25, 0.3) is 0 Å². The Balaban J connectivity index is 1.82. The molecular weight excluding hydrogens is 176 g/mol. The minimum absolute atomic E-state index is 0.0663. The first-order valence-corrected chi connectivity index (χ1v) is 5.86. The van der Waals surface area contributed by atoms with Crippen LogP contribution in [0.2, 0.25) is 0 Å². The van der Waals surface area contributed by atoms with E-state index in [-0.39, 0.29) is 6.10 Å². The molecule has 0 aromatic carbocycles. The van der Waals surface area contributed by atoms with E-state index in [0.29, 0.717) is 0 Å². The van der Waals surface area contributed by atoms with Crippen molar-refractivity contribution in [3.05, 3.63) is 0 Å². The number of nitrogens with zero attached hydrogens (tertiary/aromatic N) is 2. The summed E-state index contributed by atoms with van der Waals surface area (Å²) in [7, 11) is 2.20. The van der Waals surface area contributed by atoms with Crippen LogP contribution in [0.15, 0.2) is 0 Å². The molecule has 0 radical (unpaired) electrons. The smallest absolute Gasteiger partial charge is 0.0667 e. The normalized spacial score (nSPS) is 33.4. The van der Waals surface area contributed by atoms with Crippen molar-refractivity contribution in [3.8, 4) is 0 Å². The molecule has 0 bridgehead atoms. The number of β-amino-alcohol motifs (C(OH)–C–C–N with tert-alkyl or cyclic N) is 1. The Morgan fingerprint density at radius 1 is 1.07 bits per heavy atom. The van der Waals surface area contributed by atoms with Gasteiger partial charge in [-0.1, -0.05) is 0 Å². The fourth-order valence-corrected chi connectivity index (χ4v) is 2.68. The SMILES string of the molecule is CN1CCC(N2CCC[C@@H](O)C2)CC1. The van der Waals surface area contributed by atoms with Crippen LogP contribution in [-0.4, -0.2) is 60.3 Å². The van der Waals surface area contributed by atoms with Crippen molar-refractivity contribution in [2.24, 2.45) is 0 Å². The quantitative estimate of drug-likeness (QED) is 0.666. The van der Waals surface area contributed by atoms with Gasteiger partial charge >= 0.3 is 0 Å². The van der Waals surface area contributed by atoms with Crippen LogP contribution >= 0.6 is 0 Å². The number of hydrogen-bond donors (Lipinski definition) is 1. The van der Waals surface area contributed by atoms with Gasteiger partial charge in [0.05, 0.1) is 6.10 Å². The summed E-state index contributed by atoms with van der Waals surface area (Å²) in [5, 5.41) is 9.61. The molecule has 2 fully saturated rings. The summed E-state index contributed by atoms with van der Waals surface area (Å²) in [6.07, 6.45) is 4.67. The van der Waals surface area contributed by atoms with Crippen LogP contribution in [0.1, 0.15) is 25.7 Å². The lowest BCUT2D eigenvalue weighted by Crippen LogP contribution is -2.48.